The SMILES string of the molecule is CC(C)(C)C1C=CC(=C(c2cccs2)c2cccs2)S1. The number of rotatable bonds is 2. The van der Waals surface area contributed by atoms with Crippen LogP contribution in [0.2, 0.25) is 0 Å². The second-order valence-corrected chi connectivity index (χ2v) is 9.04. The summed E-state index contributed by atoms with van der Waals surface area (Å²) in [7, 11) is 0. The van der Waals surface area contributed by atoms with E-state index in [-0.39, 0.29) is 0 Å². The van der Waals surface area contributed by atoms with Crippen LogP contribution in [0.1, 0.15) is 30.5 Å². The Bertz CT molecular complexity index is 586. The number of allylic oxidation sites excluding steroid dienone is 1. The standard InChI is InChI=1S/C17H18S3/c1-17(2,3)15-9-8-14(20-15)16(12-6-4-10-18-12)13-7-5-11-19-13/h4-11,15H,1-3H3. The highest BCUT2D eigenvalue weighted by atomic mass is 32.2. The predicted octanol–water partition coefficient (Wildman–Crippen LogP) is 6.29. The minimum Gasteiger partial charge on any atom is -0.144 e. The summed E-state index contributed by atoms with van der Waals surface area (Å²) in [6, 6.07) is 8.73. The van der Waals surface area contributed by atoms with E-state index in [1.807, 2.05) is 34.4 Å². The molecule has 0 aromatic carbocycles. The molecule has 0 nitrogen and oxygen atoms in total. The van der Waals surface area contributed by atoms with Gasteiger partial charge in [-0.25, -0.2) is 0 Å². The van der Waals surface area contributed by atoms with Crippen molar-refractivity contribution < 1.29 is 0 Å². The molecule has 0 bridgehead atoms. The van der Waals surface area contributed by atoms with Gasteiger partial charge in [0.15, 0.2) is 0 Å². The molecule has 0 aliphatic carbocycles. The summed E-state index contributed by atoms with van der Waals surface area (Å²) in [6.45, 7) is 6.94. The van der Waals surface area contributed by atoms with Gasteiger partial charge in [-0.2, -0.15) is 0 Å². The van der Waals surface area contributed by atoms with Crippen molar-refractivity contribution in [3.05, 3.63) is 61.8 Å². The van der Waals surface area contributed by atoms with Gasteiger partial charge in [0.25, 0.3) is 0 Å². The molecule has 0 amide bonds. The largest absolute Gasteiger partial charge is 0.144 e. The van der Waals surface area contributed by atoms with Crippen LogP contribution in [-0.2, 0) is 0 Å². The molecule has 104 valence electrons. The van der Waals surface area contributed by atoms with Crippen molar-refractivity contribution in [1.82, 2.24) is 0 Å². The zero-order valence-electron chi connectivity index (χ0n) is 11.9. The van der Waals surface area contributed by atoms with Crippen molar-refractivity contribution >= 4 is 40.0 Å². The average Bonchev–Trinajstić information content (AvgIpc) is 3.11. The minimum atomic E-state index is 0.304. The second-order valence-electron chi connectivity index (χ2n) is 5.96. The Morgan fingerprint density at radius 3 is 2.00 bits per heavy atom. The molecule has 1 unspecified atom stereocenters. The smallest absolute Gasteiger partial charge is 0.0368 e. The van der Waals surface area contributed by atoms with Crippen molar-refractivity contribution in [3.8, 4) is 0 Å². The van der Waals surface area contributed by atoms with Crippen molar-refractivity contribution in [2.24, 2.45) is 5.41 Å². The van der Waals surface area contributed by atoms with Crippen LogP contribution in [0.5, 0.6) is 0 Å². The number of thiophene rings is 2. The summed E-state index contributed by atoms with van der Waals surface area (Å²) in [5.74, 6) is 0. The van der Waals surface area contributed by atoms with Gasteiger partial charge in [0.05, 0.1) is 0 Å². The molecule has 2 aromatic rings. The van der Waals surface area contributed by atoms with Crippen LogP contribution in [0.25, 0.3) is 5.57 Å². The Kier molecular flexibility index (Phi) is 3.93. The lowest BCUT2D eigenvalue weighted by atomic mass is 9.91. The van der Waals surface area contributed by atoms with Crippen molar-refractivity contribution in [2.45, 2.75) is 26.0 Å². The van der Waals surface area contributed by atoms with Crippen LogP contribution < -0.4 is 0 Å². The summed E-state index contributed by atoms with van der Waals surface area (Å²) in [6.07, 6.45) is 4.68. The Hall–Kier alpha value is -0.770. The predicted molar refractivity (Wildman–Crippen MR) is 94.6 cm³/mol. The normalized spacial score (nSPS) is 18.8. The van der Waals surface area contributed by atoms with Gasteiger partial charge < -0.3 is 0 Å². The molecule has 2 aromatic heterocycles. The van der Waals surface area contributed by atoms with Crippen LogP contribution in [0.4, 0.5) is 0 Å². The summed E-state index contributed by atoms with van der Waals surface area (Å²) in [4.78, 5) is 4.15. The molecule has 1 atom stereocenters. The van der Waals surface area contributed by atoms with Crippen LogP contribution in [0.15, 0.2) is 52.1 Å². The molecular formula is C17H18S3. The third-order valence-electron chi connectivity index (χ3n) is 3.31. The van der Waals surface area contributed by atoms with Crippen LogP contribution in [0.3, 0.4) is 0 Å². The quantitative estimate of drug-likeness (QED) is 0.627. The summed E-state index contributed by atoms with van der Waals surface area (Å²) in [5, 5.41) is 4.88. The average molecular weight is 319 g/mol. The highest BCUT2D eigenvalue weighted by Crippen LogP contribution is 2.46. The van der Waals surface area contributed by atoms with Gasteiger partial charge in [-0.3, -0.25) is 0 Å². The van der Waals surface area contributed by atoms with Gasteiger partial charge in [-0.1, -0.05) is 45.1 Å². The van der Waals surface area contributed by atoms with Crippen LogP contribution in [0, 0.1) is 5.41 Å². The maximum Gasteiger partial charge on any atom is 0.0368 e. The maximum absolute atomic E-state index is 2.36. The molecule has 0 saturated heterocycles. The van der Waals surface area contributed by atoms with Crippen LogP contribution in [-0.4, -0.2) is 5.25 Å². The third-order valence-corrected chi connectivity index (χ3v) is 6.80. The fourth-order valence-corrected chi connectivity index (χ4v) is 5.27. The van der Waals surface area contributed by atoms with Crippen LogP contribution >= 0.6 is 34.4 Å². The fourth-order valence-electron chi connectivity index (χ4n) is 2.20. The number of thioether (sulfide) groups is 1. The van der Waals surface area contributed by atoms with Gasteiger partial charge in [-0.05, 0) is 28.3 Å². The minimum absolute atomic E-state index is 0.304. The Balaban J connectivity index is 2.04. The van der Waals surface area contributed by atoms with E-state index < -0.39 is 0 Å². The Labute approximate surface area is 133 Å². The summed E-state index contributed by atoms with van der Waals surface area (Å²) >= 11 is 5.66. The third kappa shape index (κ3) is 2.80. The summed E-state index contributed by atoms with van der Waals surface area (Å²) < 4.78 is 0. The first-order valence-electron chi connectivity index (χ1n) is 6.72. The molecule has 3 heteroatoms. The van der Waals surface area contributed by atoms with Gasteiger partial charge >= 0.3 is 0 Å². The first-order valence-corrected chi connectivity index (χ1v) is 9.36. The molecule has 0 saturated carbocycles. The molecule has 0 radical (unpaired) electrons. The lowest BCUT2D eigenvalue weighted by molar-refractivity contribution is 0.434. The van der Waals surface area contributed by atoms with Gasteiger partial charge in [-0.15, -0.1) is 34.4 Å². The van der Waals surface area contributed by atoms with E-state index in [1.54, 1.807) is 0 Å². The molecular weight excluding hydrogens is 300 g/mol. The van der Waals surface area contributed by atoms with E-state index in [0.717, 1.165) is 0 Å². The van der Waals surface area contributed by atoms with E-state index in [1.165, 1.54) is 20.2 Å². The van der Waals surface area contributed by atoms with Crippen molar-refractivity contribution in [2.75, 3.05) is 0 Å². The highest BCUT2D eigenvalue weighted by Gasteiger charge is 2.29. The second kappa shape index (κ2) is 5.55. The zero-order valence-corrected chi connectivity index (χ0v) is 14.4. The molecule has 3 heterocycles. The number of hydrogen-bond acceptors (Lipinski definition) is 3. The lowest BCUT2D eigenvalue weighted by Gasteiger charge is -2.24. The highest BCUT2D eigenvalue weighted by molar-refractivity contribution is 8.04. The molecule has 0 N–H and O–H groups in total. The lowest BCUT2D eigenvalue weighted by Crippen LogP contribution is -2.18. The van der Waals surface area contributed by atoms with E-state index >= 15 is 0 Å². The maximum atomic E-state index is 2.36. The molecule has 0 fully saturated rings. The summed E-state index contributed by atoms with van der Waals surface area (Å²) in [5.41, 5.74) is 1.71. The van der Waals surface area contributed by atoms with E-state index in [0.29, 0.717) is 10.7 Å². The van der Waals surface area contributed by atoms with Crippen molar-refractivity contribution in [1.29, 1.82) is 0 Å². The Morgan fingerprint density at radius 1 is 1.00 bits per heavy atom. The molecule has 1 aliphatic rings. The first-order chi connectivity index (χ1) is 9.55. The van der Waals surface area contributed by atoms with Gasteiger partial charge in [0.1, 0.15) is 0 Å². The Morgan fingerprint density at radius 2 is 1.60 bits per heavy atom. The number of hydrogen-bond donors (Lipinski definition) is 0. The molecule has 0 spiro atoms. The van der Waals surface area contributed by atoms with E-state index in [4.69, 9.17) is 0 Å². The zero-order chi connectivity index (χ0) is 14.2. The monoisotopic (exact) mass is 318 g/mol. The first kappa shape index (κ1) is 14.2. The van der Waals surface area contributed by atoms with Gasteiger partial charge in [0.2, 0.25) is 0 Å². The fraction of sp³-hybridized carbons (Fsp3) is 0.294. The molecule has 3 rings (SSSR count). The topological polar surface area (TPSA) is 0 Å². The van der Waals surface area contributed by atoms with E-state index in [9.17, 15) is 0 Å². The van der Waals surface area contributed by atoms with Crippen molar-refractivity contribution in [3.63, 3.8) is 0 Å². The molecule has 20 heavy (non-hydrogen) atoms. The van der Waals surface area contributed by atoms with E-state index in [2.05, 4.69) is 67.9 Å². The molecule has 1 aliphatic heterocycles. The van der Waals surface area contributed by atoms with Gasteiger partial charge in [0, 0.05) is 25.5 Å².